The SMILES string of the molecule is C=CCNC(=NCCCOC)NCCCOCc1ccco1. The van der Waals surface area contributed by atoms with Crippen LogP contribution in [0.15, 0.2) is 40.5 Å². The Kier molecular flexibility index (Phi) is 10.7. The highest BCUT2D eigenvalue weighted by Crippen LogP contribution is 2.01. The maximum atomic E-state index is 5.53. The second kappa shape index (κ2) is 12.9. The predicted octanol–water partition coefficient (Wildman–Crippen LogP) is 1.94. The standard InChI is InChI=1S/C16H27N3O3/c1-3-8-17-16(18-9-5-11-20-2)19-10-6-12-21-14-15-7-4-13-22-15/h3-4,7,13H,1,5-6,8-12,14H2,2H3,(H2,17,18,19). The molecule has 124 valence electrons. The molecule has 22 heavy (non-hydrogen) atoms. The molecule has 0 radical (unpaired) electrons. The molecule has 0 saturated heterocycles. The zero-order valence-electron chi connectivity index (χ0n) is 13.3. The molecular formula is C16H27N3O3. The number of methoxy groups -OCH3 is 1. The third-order valence-corrected chi connectivity index (χ3v) is 2.77. The Morgan fingerprint density at radius 2 is 2.27 bits per heavy atom. The van der Waals surface area contributed by atoms with E-state index in [1.807, 2.05) is 12.1 Å². The topological polar surface area (TPSA) is 68.0 Å². The fourth-order valence-corrected chi connectivity index (χ4v) is 1.69. The van der Waals surface area contributed by atoms with E-state index in [1.165, 1.54) is 0 Å². The second-order valence-electron chi connectivity index (χ2n) is 4.66. The summed E-state index contributed by atoms with van der Waals surface area (Å²) in [4.78, 5) is 4.47. The number of furan rings is 1. The van der Waals surface area contributed by atoms with Crippen LogP contribution in [0, 0.1) is 0 Å². The summed E-state index contributed by atoms with van der Waals surface area (Å²) in [5.74, 6) is 1.64. The molecule has 0 aliphatic carbocycles. The molecule has 1 heterocycles. The zero-order chi connectivity index (χ0) is 15.9. The molecular weight excluding hydrogens is 282 g/mol. The lowest BCUT2D eigenvalue weighted by molar-refractivity contribution is 0.105. The minimum atomic E-state index is 0.514. The van der Waals surface area contributed by atoms with E-state index in [-0.39, 0.29) is 0 Å². The van der Waals surface area contributed by atoms with Crippen LogP contribution in [0.3, 0.4) is 0 Å². The van der Waals surface area contributed by atoms with E-state index in [4.69, 9.17) is 13.9 Å². The first-order chi connectivity index (χ1) is 10.9. The van der Waals surface area contributed by atoms with Crippen molar-refractivity contribution in [2.75, 3.05) is 40.0 Å². The van der Waals surface area contributed by atoms with Crippen LogP contribution >= 0.6 is 0 Å². The van der Waals surface area contributed by atoms with E-state index in [2.05, 4.69) is 22.2 Å². The van der Waals surface area contributed by atoms with E-state index in [0.29, 0.717) is 19.8 Å². The molecule has 1 aromatic rings. The summed E-state index contributed by atoms with van der Waals surface area (Å²) in [7, 11) is 1.70. The average Bonchev–Trinajstić information content (AvgIpc) is 3.04. The smallest absolute Gasteiger partial charge is 0.191 e. The molecule has 0 bridgehead atoms. The first kappa shape index (κ1) is 18.3. The normalized spacial score (nSPS) is 11.4. The lowest BCUT2D eigenvalue weighted by Crippen LogP contribution is -2.38. The van der Waals surface area contributed by atoms with Crippen LogP contribution in [0.5, 0.6) is 0 Å². The van der Waals surface area contributed by atoms with Crippen LogP contribution in [0.2, 0.25) is 0 Å². The van der Waals surface area contributed by atoms with Gasteiger partial charge in [-0.1, -0.05) is 6.08 Å². The third kappa shape index (κ3) is 9.20. The van der Waals surface area contributed by atoms with Crippen LogP contribution in [0.4, 0.5) is 0 Å². The van der Waals surface area contributed by atoms with Gasteiger partial charge in [0.2, 0.25) is 0 Å². The van der Waals surface area contributed by atoms with Gasteiger partial charge in [0.05, 0.1) is 6.26 Å². The molecule has 0 saturated carbocycles. The van der Waals surface area contributed by atoms with Crippen LogP contribution in [0.1, 0.15) is 18.6 Å². The number of aliphatic imine (C=N–C) groups is 1. The maximum absolute atomic E-state index is 5.53. The summed E-state index contributed by atoms with van der Waals surface area (Å²) in [5.41, 5.74) is 0. The fourth-order valence-electron chi connectivity index (χ4n) is 1.69. The number of ether oxygens (including phenoxy) is 2. The highest BCUT2D eigenvalue weighted by Gasteiger charge is 1.98. The van der Waals surface area contributed by atoms with Crippen LogP contribution in [-0.2, 0) is 16.1 Å². The summed E-state index contributed by atoms with van der Waals surface area (Å²) in [6.45, 7) is 7.81. The Bertz CT molecular complexity index is 405. The first-order valence-electron chi connectivity index (χ1n) is 7.59. The molecule has 0 atom stereocenters. The molecule has 6 heteroatoms. The van der Waals surface area contributed by atoms with Gasteiger partial charge in [0.15, 0.2) is 5.96 Å². The van der Waals surface area contributed by atoms with E-state index >= 15 is 0 Å². The van der Waals surface area contributed by atoms with Gasteiger partial charge in [-0.15, -0.1) is 6.58 Å². The van der Waals surface area contributed by atoms with Crippen molar-refractivity contribution in [1.29, 1.82) is 0 Å². The molecule has 0 aliphatic heterocycles. The second-order valence-corrected chi connectivity index (χ2v) is 4.66. The largest absolute Gasteiger partial charge is 0.467 e. The van der Waals surface area contributed by atoms with Gasteiger partial charge in [-0.25, -0.2) is 0 Å². The van der Waals surface area contributed by atoms with Crippen molar-refractivity contribution in [3.63, 3.8) is 0 Å². The van der Waals surface area contributed by atoms with Crippen molar-refractivity contribution in [2.24, 2.45) is 4.99 Å². The molecule has 6 nitrogen and oxygen atoms in total. The van der Waals surface area contributed by atoms with Gasteiger partial charge in [-0.3, -0.25) is 4.99 Å². The minimum absolute atomic E-state index is 0.514. The van der Waals surface area contributed by atoms with E-state index < -0.39 is 0 Å². The molecule has 0 aliphatic rings. The molecule has 0 fully saturated rings. The number of rotatable bonds is 12. The Labute approximate surface area is 132 Å². The van der Waals surface area contributed by atoms with Gasteiger partial charge in [0.1, 0.15) is 12.4 Å². The predicted molar refractivity (Wildman–Crippen MR) is 88.0 cm³/mol. The monoisotopic (exact) mass is 309 g/mol. The lowest BCUT2D eigenvalue weighted by Gasteiger charge is -2.11. The van der Waals surface area contributed by atoms with Gasteiger partial charge >= 0.3 is 0 Å². The molecule has 0 unspecified atom stereocenters. The number of nitrogens with zero attached hydrogens (tertiary/aromatic N) is 1. The van der Waals surface area contributed by atoms with E-state index in [1.54, 1.807) is 19.4 Å². The Morgan fingerprint density at radius 1 is 1.36 bits per heavy atom. The van der Waals surface area contributed by atoms with Crippen molar-refractivity contribution in [1.82, 2.24) is 10.6 Å². The molecule has 1 rings (SSSR count). The Balaban J connectivity index is 2.11. The van der Waals surface area contributed by atoms with Crippen molar-refractivity contribution in [3.05, 3.63) is 36.8 Å². The van der Waals surface area contributed by atoms with Crippen LogP contribution in [0.25, 0.3) is 0 Å². The number of guanidine groups is 1. The Hall–Kier alpha value is -1.79. The molecule has 0 aromatic carbocycles. The minimum Gasteiger partial charge on any atom is -0.467 e. The van der Waals surface area contributed by atoms with Crippen LogP contribution in [-0.4, -0.2) is 45.9 Å². The Morgan fingerprint density at radius 3 is 3.00 bits per heavy atom. The van der Waals surface area contributed by atoms with Gasteiger partial charge in [0.25, 0.3) is 0 Å². The van der Waals surface area contributed by atoms with E-state index in [0.717, 1.165) is 44.3 Å². The summed E-state index contributed by atoms with van der Waals surface area (Å²) in [5, 5.41) is 6.46. The highest BCUT2D eigenvalue weighted by molar-refractivity contribution is 5.79. The summed E-state index contributed by atoms with van der Waals surface area (Å²) in [6.07, 6.45) is 5.26. The maximum Gasteiger partial charge on any atom is 0.191 e. The highest BCUT2D eigenvalue weighted by atomic mass is 16.5. The summed E-state index contributed by atoms with van der Waals surface area (Å²) < 4.78 is 15.7. The van der Waals surface area contributed by atoms with E-state index in [9.17, 15) is 0 Å². The number of hydrogen-bond donors (Lipinski definition) is 2. The van der Waals surface area contributed by atoms with Crippen molar-refractivity contribution in [3.8, 4) is 0 Å². The quantitative estimate of drug-likeness (QED) is 0.267. The lowest BCUT2D eigenvalue weighted by atomic mass is 10.4. The van der Waals surface area contributed by atoms with Gasteiger partial charge < -0.3 is 24.5 Å². The molecule has 0 amide bonds. The third-order valence-electron chi connectivity index (χ3n) is 2.77. The number of nitrogens with one attached hydrogen (secondary N) is 2. The molecule has 2 N–H and O–H groups in total. The van der Waals surface area contributed by atoms with Crippen molar-refractivity contribution >= 4 is 5.96 Å². The molecule has 0 spiro atoms. The van der Waals surface area contributed by atoms with Gasteiger partial charge in [-0.05, 0) is 25.0 Å². The van der Waals surface area contributed by atoms with Crippen molar-refractivity contribution in [2.45, 2.75) is 19.4 Å². The summed E-state index contributed by atoms with van der Waals surface area (Å²) >= 11 is 0. The zero-order valence-corrected chi connectivity index (χ0v) is 13.3. The fraction of sp³-hybridized carbons (Fsp3) is 0.562. The summed E-state index contributed by atoms with van der Waals surface area (Å²) in [6, 6.07) is 3.76. The van der Waals surface area contributed by atoms with Crippen molar-refractivity contribution < 1.29 is 13.9 Å². The number of hydrogen-bond acceptors (Lipinski definition) is 4. The average molecular weight is 309 g/mol. The van der Waals surface area contributed by atoms with Gasteiger partial charge in [-0.2, -0.15) is 0 Å². The van der Waals surface area contributed by atoms with Crippen LogP contribution < -0.4 is 10.6 Å². The molecule has 1 aromatic heterocycles. The van der Waals surface area contributed by atoms with Gasteiger partial charge in [0, 0.05) is 40.0 Å². The first-order valence-corrected chi connectivity index (χ1v) is 7.59.